The Balaban J connectivity index is 1.44. The summed E-state index contributed by atoms with van der Waals surface area (Å²) < 4.78 is 13.8. The van der Waals surface area contributed by atoms with Crippen LogP contribution in [0, 0.1) is 0 Å². The molecule has 2 aliphatic rings. The zero-order valence-electron chi connectivity index (χ0n) is 18.6. The third-order valence-electron chi connectivity index (χ3n) is 6.28. The van der Waals surface area contributed by atoms with Crippen molar-refractivity contribution in [3.63, 3.8) is 0 Å². The second-order valence-electron chi connectivity index (χ2n) is 8.36. The molecule has 3 aromatic rings. The van der Waals surface area contributed by atoms with Crippen molar-refractivity contribution in [3.05, 3.63) is 46.5 Å². The molecular weight excluding hydrogens is 426 g/mol. The third kappa shape index (κ3) is 4.05. The smallest absolute Gasteiger partial charge is 0.274 e. The summed E-state index contributed by atoms with van der Waals surface area (Å²) in [5, 5.41) is 13.6. The maximum atomic E-state index is 13.0. The Morgan fingerprint density at radius 1 is 1.30 bits per heavy atom. The molecule has 4 heterocycles. The Hall–Kier alpha value is -3.44. The summed E-state index contributed by atoms with van der Waals surface area (Å²) in [6, 6.07) is 5.36. The Morgan fingerprint density at radius 3 is 2.85 bits per heavy atom. The van der Waals surface area contributed by atoms with Crippen molar-refractivity contribution in [3.8, 4) is 0 Å². The van der Waals surface area contributed by atoms with Gasteiger partial charge in [0.2, 0.25) is 0 Å². The van der Waals surface area contributed by atoms with E-state index in [0.717, 1.165) is 19.3 Å². The van der Waals surface area contributed by atoms with Crippen LogP contribution in [0.25, 0.3) is 5.65 Å². The predicted octanol–water partition coefficient (Wildman–Crippen LogP) is 1.54. The first-order chi connectivity index (χ1) is 16.1. The highest BCUT2D eigenvalue weighted by Gasteiger charge is 2.27. The number of aromatic nitrogens is 4. The van der Waals surface area contributed by atoms with Gasteiger partial charge >= 0.3 is 0 Å². The van der Waals surface area contributed by atoms with Crippen LogP contribution in [-0.2, 0) is 9.47 Å². The fraction of sp³-hybridized carbons (Fsp3) is 0.455. The van der Waals surface area contributed by atoms with Crippen LogP contribution in [0.3, 0.4) is 0 Å². The molecule has 0 spiro atoms. The minimum Gasteiger partial charge on any atom is -0.381 e. The van der Waals surface area contributed by atoms with Crippen molar-refractivity contribution in [2.75, 3.05) is 38.0 Å². The second kappa shape index (κ2) is 8.83. The fourth-order valence-electron chi connectivity index (χ4n) is 4.33. The Labute approximate surface area is 190 Å². The molecule has 1 aliphatic carbocycles. The number of nitrogens with one attached hydrogen (secondary N) is 3. The van der Waals surface area contributed by atoms with Crippen molar-refractivity contribution in [2.45, 2.75) is 37.5 Å². The Morgan fingerprint density at radius 2 is 2.15 bits per heavy atom. The van der Waals surface area contributed by atoms with Gasteiger partial charge in [-0.25, -0.2) is 4.98 Å². The van der Waals surface area contributed by atoms with Gasteiger partial charge in [0.1, 0.15) is 22.9 Å². The number of hydrogen-bond acceptors (Lipinski definition) is 8. The van der Waals surface area contributed by atoms with E-state index in [1.54, 1.807) is 41.6 Å². The monoisotopic (exact) mass is 453 g/mol. The molecule has 1 amide bonds. The molecule has 1 saturated carbocycles. The van der Waals surface area contributed by atoms with Crippen LogP contribution in [0.4, 0.5) is 17.3 Å². The Kier molecular flexibility index (Phi) is 5.73. The summed E-state index contributed by atoms with van der Waals surface area (Å²) in [4.78, 5) is 30.5. The molecule has 2 fully saturated rings. The first kappa shape index (κ1) is 21.4. The number of hydrogen-bond donors (Lipinski definition) is 3. The standard InChI is InChI=1S/C22H27N7O4/c1-23-19-9-18(26-17-4-3-7-28(22(17)31)14-11-33-12-14)27-20-16(10-24-29(19)20)21(30)25-13-5-6-15(8-13)32-2/h3-4,7,9-10,13-15,23H,5-6,8,11-12H2,1-2H3,(H,25,30)(H,26,27)/t13?,15-/m1/s1. The van der Waals surface area contributed by atoms with Crippen LogP contribution in [0.15, 0.2) is 35.4 Å². The van der Waals surface area contributed by atoms with Crippen LogP contribution in [0.2, 0.25) is 0 Å². The summed E-state index contributed by atoms with van der Waals surface area (Å²) in [6.07, 6.45) is 6.02. The summed E-state index contributed by atoms with van der Waals surface area (Å²) in [5.41, 5.74) is 1.00. The Bertz CT molecular complexity index is 1230. The zero-order chi connectivity index (χ0) is 22.9. The molecule has 0 aromatic carbocycles. The number of pyridine rings is 1. The van der Waals surface area contributed by atoms with E-state index in [4.69, 9.17) is 9.47 Å². The van der Waals surface area contributed by atoms with Crippen LogP contribution >= 0.6 is 0 Å². The lowest BCUT2D eigenvalue weighted by molar-refractivity contribution is -0.0247. The lowest BCUT2D eigenvalue weighted by atomic mass is 10.2. The quantitative estimate of drug-likeness (QED) is 0.492. The van der Waals surface area contributed by atoms with Crippen LogP contribution < -0.4 is 21.5 Å². The van der Waals surface area contributed by atoms with Crippen LogP contribution in [0.1, 0.15) is 35.7 Å². The van der Waals surface area contributed by atoms with Gasteiger partial charge in [0, 0.05) is 32.5 Å². The molecule has 1 unspecified atom stereocenters. The van der Waals surface area contributed by atoms with Crippen molar-refractivity contribution in [1.82, 2.24) is 24.5 Å². The third-order valence-corrected chi connectivity index (χ3v) is 6.28. The van der Waals surface area contributed by atoms with Gasteiger partial charge in [0.05, 0.1) is 31.6 Å². The molecule has 33 heavy (non-hydrogen) atoms. The van der Waals surface area contributed by atoms with E-state index >= 15 is 0 Å². The number of fused-ring (bicyclic) bond motifs is 1. The van der Waals surface area contributed by atoms with Gasteiger partial charge in [-0.2, -0.15) is 9.61 Å². The maximum Gasteiger partial charge on any atom is 0.274 e. The van der Waals surface area contributed by atoms with Crippen molar-refractivity contribution in [1.29, 1.82) is 0 Å². The lowest BCUT2D eigenvalue weighted by Gasteiger charge is -2.28. The lowest BCUT2D eigenvalue weighted by Crippen LogP contribution is -2.37. The SMILES string of the molecule is CNc1cc(Nc2cccn(C3COC3)c2=O)nc2c(C(=O)NC3CC[C@@H](OC)C3)cnn12. The average molecular weight is 454 g/mol. The van der Waals surface area contributed by atoms with Crippen molar-refractivity contribution in [2.24, 2.45) is 0 Å². The van der Waals surface area contributed by atoms with Gasteiger partial charge in [0.25, 0.3) is 11.5 Å². The summed E-state index contributed by atoms with van der Waals surface area (Å²) >= 11 is 0. The van der Waals surface area contributed by atoms with E-state index < -0.39 is 0 Å². The van der Waals surface area contributed by atoms with Gasteiger partial charge in [-0.1, -0.05) is 0 Å². The molecule has 3 aromatic heterocycles. The molecule has 2 atom stereocenters. The molecule has 0 radical (unpaired) electrons. The molecule has 11 nitrogen and oxygen atoms in total. The number of rotatable bonds is 7. The predicted molar refractivity (Wildman–Crippen MR) is 122 cm³/mol. The molecule has 0 bridgehead atoms. The molecule has 1 saturated heterocycles. The van der Waals surface area contributed by atoms with Crippen LogP contribution in [0.5, 0.6) is 0 Å². The largest absolute Gasteiger partial charge is 0.381 e. The highest BCUT2D eigenvalue weighted by atomic mass is 16.5. The van der Waals surface area contributed by atoms with E-state index in [9.17, 15) is 9.59 Å². The van der Waals surface area contributed by atoms with Gasteiger partial charge in [0.15, 0.2) is 5.65 Å². The first-order valence-corrected chi connectivity index (χ1v) is 11.0. The fourth-order valence-corrected chi connectivity index (χ4v) is 4.33. The summed E-state index contributed by atoms with van der Waals surface area (Å²) in [7, 11) is 3.45. The van der Waals surface area contributed by atoms with Crippen LogP contribution in [-0.4, -0.2) is 64.6 Å². The average Bonchev–Trinajstić information content (AvgIpc) is 3.41. The number of carbonyl (C=O) groups excluding carboxylic acids is 1. The van der Waals surface area contributed by atoms with Gasteiger partial charge in [-0.3, -0.25) is 9.59 Å². The number of carbonyl (C=O) groups is 1. The molecule has 5 rings (SSSR count). The molecular formula is C22H27N7O4. The van der Waals surface area contributed by atoms with Gasteiger partial charge in [-0.05, 0) is 31.4 Å². The molecule has 11 heteroatoms. The van der Waals surface area contributed by atoms with E-state index in [0.29, 0.717) is 41.7 Å². The first-order valence-electron chi connectivity index (χ1n) is 11.0. The minimum atomic E-state index is -0.231. The topological polar surface area (TPSA) is 124 Å². The van der Waals surface area contributed by atoms with Crippen molar-refractivity contribution >= 4 is 28.9 Å². The van der Waals surface area contributed by atoms with E-state index in [2.05, 4.69) is 26.0 Å². The van der Waals surface area contributed by atoms with E-state index in [1.807, 2.05) is 6.07 Å². The summed E-state index contributed by atoms with van der Waals surface area (Å²) in [6.45, 7) is 1.05. The number of nitrogens with zero attached hydrogens (tertiary/aromatic N) is 4. The molecule has 1 aliphatic heterocycles. The molecule has 174 valence electrons. The normalized spacial score (nSPS) is 20.5. The zero-order valence-corrected chi connectivity index (χ0v) is 18.6. The highest BCUT2D eigenvalue weighted by Crippen LogP contribution is 2.24. The van der Waals surface area contributed by atoms with Gasteiger partial charge in [-0.15, -0.1) is 0 Å². The van der Waals surface area contributed by atoms with E-state index in [1.165, 1.54) is 6.20 Å². The number of amides is 1. The highest BCUT2D eigenvalue weighted by molar-refractivity contribution is 6.00. The van der Waals surface area contributed by atoms with E-state index in [-0.39, 0.29) is 29.7 Å². The van der Waals surface area contributed by atoms with Crippen molar-refractivity contribution < 1.29 is 14.3 Å². The minimum absolute atomic E-state index is 0.0426. The second-order valence-corrected chi connectivity index (χ2v) is 8.36. The van der Waals surface area contributed by atoms with Gasteiger partial charge < -0.3 is 30.0 Å². The number of methoxy groups -OCH3 is 1. The molecule has 3 N–H and O–H groups in total. The number of ether oxygens (including phenoxy) is 2. The maximum absolute atomic E-state index is 13.0. The summed E-state index contributed by atoms with van der Waals surface area (Å²) in [5.74, 6) is 0.831. The number of anilines is 3.